The lowest BCUT2D eigenvalue weighted by atomic mass is 10.0. The molecule has 11 nitrogen and oxygen atoms in total. The molecule has 268 valence electrons. The standard InChI is InChI=1S/C35H46ClN3O8S2/c1-24-9-14-30(15-10-24)48(42,43)37-29-13-18-33-32(20-29)35(41)39(26(3)23-40)21-25(2)34(46-19-7-6-8-27(4)47-33)22-38(5)49(44,45)31-16-11-28(36)12-17-31/h9-18,20,25-27,34,37,40H,6-8,19,21-23H2,1-5H3/t25-,26+,27-,34-/m0/s1. The minimum Gasteiger partial charge on any atom is -0.490 e. The molecular weight excluding hydrogens is 690 g/mol. The van der Waals surface area contributed by atoms with Crippen molar-refractivity contribution >= 4 is 43.2 Å². The first-order chi connectivity index (χ1) is 23.1. The van der Waals surface area contributed by atoms with Crippen molar-refractivity contribution in [1.82, 2.24) is 9.21 Å². The van der Waals surface area contributed by atoms with Gasteiger partial charge in [-0.1, -0.05) is 36.2 Å². The average molecular weight is 736 g/mol. The van der Waals surface area contributed by atoms with Gasteiger partial charge in [0.25, 0.3) is 15.9 Å². The summed E-state index contributed by atoms with van der Waals surface area (Å²) in [7, 11) is -6.35. The summed E-state index contributed by atoms with van der Waals surface area (Å²) in [6.07, 6.45) is 1.23. The number of carbonyl (C=O) groups is 1. The molecule has 3 aromatic carbocycles. The highest BCUT2D eigenvalue weighted by molar-refractivity contribution is 7.92. The molecule has 0 aliphatic carbocycles. The summed E-state index contributed by atoms with van der Waals surface area (Å²) in [5.41, 5.74) is 1.21. The third kappa shape index (κ3) is 9.95. The fourth-order valence-corrected chi connectivity index (χ4v) is 7.88. The Labute approximate surface area is 295 Å². The molecule has 0 unspecified atom stereocenters. The summed E-state index contributed by atoms with van der Waals surface area (Å²) in [6, 6.07) is 16.3. The van der Waals surface area contributed by atoms with E-state index in [1.807, 2.05) is 20.8 Å². The van der Waals surface area contributed by atoms with Gasteiger partial charge < -0.3 is 19.5 Å². The Hall–Kier alpha value is -3.20. The lowest BCUT2D eigenvalue weighted by Crippen LogP contribution is -2.48. The first kappa shape index (κ1) is 38.6. The van der Waals surface area contributed by atoms with Crippen LogP contribution in [0, 0.1) is 12.8 Å². The molecule has 0 saturated heterocycles. The number of nitrogens with zero attached hydrogens (tertiary/aromatic N) is 2. The number of fused-ring (bicyclic) bond motifs is 1. The van der Waals surface area contributed by atoms with Gasteiger partial charge in [0.1, 0.15) is 5.75 Å². The largest absolute Gasteiger partial charge is 0.490 e. The molecular formula is C35H46ClN3O8S2. The van der Waals surface area contributed by atoms with Crippen molar-refractivity contribution in [2.75, 3.05) is 38.1 Å². The second-order valence-electron chi connectivity index (χ2n) is 12.7. The third-order valence-electron chi connectivity index (χ3n) is 8.59. The number of ether oxygens (including phenoxy) is 2. The van der Waals surface area contributed by atoms with Crippen molar-refractivity contribution in [2.45, 2.75) is 75.0 Å². The summed E-state index contributed by atoms with van der Waals surface area (Å²) in [6.45, 7) is 7.48. The maximum atomic E-state index is 14.4. The minimum atomic E-state index is -3.96. The first-order valence-corrected chi connectivity index (χ1v) is 19.6. The minimum absolute atomic E-state index is 0.0166. The van der Waals surface area contributed by atoms with Crippen molar-refractivity contribution in [1.29, 1.82) is 0 Å². The number of nitrogens with one attached hydrogen (secondary N) is 1. The van der Waals surface area contributed by atoms with Gasteiger partial charge in [0.2, 0.25) is 10.0 Å². The van der Waals surface area contributed by atoms with Crippen LogP contribution in [0.1, 0.15) is 56.0 Å². The Balaban J connectivity index is 1.67. The quantitative estimate of drug-likeness (QED) is 0.291. The van der Waals surface area contributed by atoms with Crippen molar-refractivity contribution in [3.8, 4) is 5.75 Å². The number of halogens is 1. The third-order valence-corrected chi connectivity index (χ3v) is 12.1. The van der Waals surface area contributed by atoms with Crippen LogP contribution in [0.3, 0.4) is 0 Å². The second-order valence-corrected chi connectivity index (χ2v) is 16.8. The Morgan fingerprint density at radius 1 is 1.00 bits per heavy atom. The topological polar surface area (TPSA) is 143 Å². The summed E-state index contributed by atoms with van der Waals surface area (Å²) >= 11 is 5.98. The fraction of sp³-hybridized carbons (Fsp3) is 0.457. The van der Waals surface area contributed by atoms with Crippen LogP contribution in [0.5, 0.6) is 5.75 Å². The van der Waals surface area contributed by atoms with E-state index < -0.39 is 38.1 Å². The first-order valence-electron chi connectivity index (χ1n) is 16.3. The predicted molar refractivity (Wildman–Crippen MR) is 190 cm³/mol. The molecule has 1 aliphatic rings. The number of rotatable bonds is 9. The number of aryl methyl sites for hydroxylation is 1. The lowest BCUT2D eigenvalue weighted by molar-refractivity contribution is -0.00833. The van der Waals surface area contributed by atoms with E-state index in [1.54, 1.807) is 31.2 Å². The number of carbonyl (C=O) groups excluding carboxylic acids is 1. The molecule has 14 heteroatoms. The van der Waals surface area contributed by atoms with Crippen LogP contribution in [0.2, 0.25) is 5.02 Å². The van der Waals surface area contributed by atoms with Crippen LogP contribution < -0.4 is 9.46 Å². The molecule has 4 rings (SSSR count). The molecule has 0 saturated carbocycles. The van der Waals surface area contributed by atoms with Crippen molar-refractivity contribution < 1.29 is 36.2 Å². The van der Waals surface area contributed by atoms with Gasteiger partial charge in [0.15, 0.2) is 0 Å². The summed E-state index contributed by atoms with van der Waals surface area (Å²) < 4.78 is 69.6. The van der Waals surface area contributed by atoms with E-state index in [0.29, 0.717) is 24.5 Å². The number of amides is 1. The normalized spacial score (nSPS) is 20.6. The Kier molecular flexibility index (Phi) is 13.1. The van der Waals surface area contributed by atoms with Crippen LogP contribution in [0.4, 0.5) is 5.69 Å². The molecule has 49 heavy (non-hydrogen) atoms. The molecule has 1 amide bonds. The van der Waals surface area contributed by atoms with E-state index in [9.17, 15) is 26.7 Å². The van der Waals surface area contributed by atoms with Crippen LogP contribution >= 0.6 is 11.6 Å². The smallest absolute Gasteiger partial charge is 0.261 e. The number of anilines is 1. The zero-order chi connectivity index (χ0) is 35.9. The van der Waals surface area contributed by atoms with Gasteiger partial charge in [-0.05, 0) is 94.6 Å². The lowest BCUT2D eigenvalue weighted by Gasteiger charge is -2.35. The number of likely N-dealkylation sites (N-methyl/N-ethyl adjacent to an activating group) is 1. The van der Waals surface area contributed by atoms with Crippen molar-refractivity contribution in [2.24, 2.45) is 5.92 Å². The van der Waals surface area contributed by atoms with Crippen LogP contribution in [-0.4, -0.2) is 88.7 Å². The Bertz CT molecular complexity index is 1790. The number of aliphatic hydroxyl groups is 1. The monoisotopic (exact) mass is 735 g/mol. The average Bonchev–Trinajstić information content (AvgIpc) is 3.06. The second kappa shape index (κ2) is 16.7. The number of sulfonamides is 2. The molecule has 0 fully saturated rings. The molecule has 4 atom stereocenters. The van der Waals surface area contributed by atoms with E-state index in [2.05, 4.69) is 4.72 Å². The highest BCUT2D eigenvalue weighted by Gasteiger charge is 2.32. The number of hydrogen-bond acceptors (Lipinski definition) is 8. The highest BCUT2D eigenvalue weighted by atomic mass is 35.5. The summed E-state index contributed by atoms with van der Waals surface area (Å²) in [4.78, 5) is 16.0. The van der Waals surface area contributed by atoms with Crippen LogP contribution in [0.25, 0.3) is 0 Å². The van der Waals surface area contributed by atoms with Gasteiger partial charge in [-0.2, -0.15) is 4.31 Å². The predicted octanol–water partition coefficient (Wildman–Crippen LogP) is 5.57. The number of aliphatic hydroxyl groups excluding tert-OH is 1. The van der Waals surface area contributed by atoms with Gasteiger partial charge in [0, 0.05) is 43.4 Å². The van der Waals surface area contributed by atoms with E-state index in [4.69, 9.17) is 21.1 Å². The Morgan fingerprint density at radius 3 is 2.31 bits per heavy atom. The number of benzene rings is 3. The van der Waals surface area contributed by atoms with Gasteiger partial charge in [-0.15, -0.1) is 0 Å². The van der Waals surface area contributed by atoms with Gasteiger partial charge in [0.05, 0.1) is 40.2 Å². The van der Waals surface area contributed by atoms with Gasteiger partial charge in [-0.3, -0.25) is 9.52 Å². The fourth-order valence-electron chi connectivity index (χ4n) is 5.52. The maximum absolute atomic E-state index is 14.4. The maximum Gasteiger partial charge on any atom is 0.261 e. The van der Waals surface area contributed by atoms with Gasteiger partial charge >= 0.3 is 0 Å². The molecule has 0 aromatic heterocycles. The van der Waals surface area contributed by atoms with E-state index in [-0.39, 0.29) is 58.5 Å². The molecule has 1 aliphatic heterocycles. The zero-order valence-electron chi connectivity index (χ0n) is 28.5. The molecule has 0 spiro atoms. The Morgan fingerprint density at radius 2 is 1.65 bits per heavy atom. The molecule has 3 aromatic rings. The summed E-state index contributed by atoms with van der Waals surface area (Å²) in [5, 5.41) is 10.6. The number of hydrogen-bond donors (Lipinski definition) is 2. The van der Waals surface area contributed by atoms with Crippen LogP contribution in [0.15, 0.2) is 76.5 Å². The van der Waals surface area contributed by atoms with E-state index in [0.717, 1.165) is 12.0 Å². The van der Waals surface area contributed by atoms with Crippen molar-refractivity contribution in [3.05, 3.63) is 82.9 Å². The van der Waals surface area contributed by atoms with Crippen molar-refractivity contribution in [3.63, 3.8) is 0 Å². The molecule has 2 N–H and O–H groups in total. The van der Waals surface area contributed by atoms with E-state index in [1.165, 1.54) is 58.7 Å². The van der Waals surface area contributed by atoms with Gasteiger partial charge in [-0.25, -0.2) is 16.8 Å². The van der Waals surface area contributed by atoms with E-state index >= 15 is 0 Å². The van der Waals surface area contributed by atoms with Crippen LogP contribution in [-0.2, 0) is 24.8 Å². The molecule has 1 heterocycles. The SMILES string of the molecule is Cc1ccc(S(=O)(=O)Nc2ccc3c(c2)C(=O)N([C@H](C)CO)C[C@H](C)[C@H](CN(C)S(=O)(=O)c2ccc(Cl)cc2)OCCCC[C@H](C)O3)cc1. The summed E-state index contributed by atoms with van der Waals surface area (Å²) in [5.74, 6) is -0.572. The zero-order valence-corrected chi connectivity index (χ0v) is 30.9. The molecule has 0 radical (unpaired) electrons. The molecule has 0 bridgehead atoms. The highest BCUT2D eigenvalue weighted by Crippen LogP contribution is 2.30.